The molecule has 1 aliphatic heterocycles. The molecular weight excluding hydrogens is 468 g/mol. The number of likely N-dealkylation sites (tertiary alicyclic amines) is 1. The standard InChI is InChI=1S/C26H29ClN4O4/c1-26(2,3)22(30-24(33)21-23(32)29-20-7-5-4-6-19(20)28-21)25(34)31-14-12-18(13-15-31)35-17-10-8-16(27)9-11-17/h4-11,18,22H,12-15H2,1-3H3,(H,29,32)(H,30,33)/t22-/m1/s1. The van der Waals surface area contributed by atoms with E-state index in [-0.39, 0.29) is 17.7 Å². The lowest BCUT2D eigenvalue weighted by atomic mass is 9.85. The number of carbonyl (C=O) groups is 2. The summed E-state index contributed by atoms with van der Waals surface area (Å²) >= 11 is 5.93. The summed E-state index contributed by atoms with van der Waals surface area (Å²) < 4.78 is 6.03. The number of piperidine rings is 1. The molecule has 0 radical (unpaired) electrons. The number of nitrogens with one attached hydrogen (secondary N) is 1. The maximum Gasteiger partial charge on any atom is 0.276 e. The summed E-state index contributed by atoms with van der Waals surface area (Å²) in [7, 11) is 0. The Labute approximate surface area is 209 Å². The molecule has 1 saturated heterocycles. The molecule has 2 N–H and O–H groups in total. The van der Waals surface area contributed by atoms with Gasteiger partial charge in [0.1, 0.15) is 17.9 Å². The van der Waals surface area contributed by atoms with Crippen molar-refractivity contribution in [2.45, 2.75) is 45.8 Å². The quantitative estimate of drug-likeness (QED) is 0.548. The molecule has 0 unspecified atom stereocenters. The number of nitrogens with zero attached hydrogens (tertiary/aromatic N) is 3. The molecule has 184 valence electrons. The van der Waals surface area contributed by atoms with E-state index < -0.39 is 23.2 Å². The molecule has 0 spiro atoms. The highest BCUT2D eigenvalue weighted by molar-refractivity contribution is 6.30. The van der Waals surface area contributed by atoms with Crippen molar-refractivity contribution in [2.75, 3.05) is 13.1 Å². The Bertz CT molecular complexity index is 1220. The number of ether oxygens (including phenoxy) is 1. The monoisotopic (exact) mass is 496 g/mol. The Balaban J connectivity index is 1.43. The van der Waals surface area contributed by atoms with Crippen LogP contribution in [0.2, 0.25) is 5.02 Å². The van der Waals surface area contributed by atoms with Gasteiger partial charge in [-0.3, -0.25) is 9.59 Å². The highest BCUT2D eigenvalue weighted by Gasteiger charge is 2.38. The van der Waals surface area contributed by atoms with Gasteiger partial charge in [0, 0.05) is 31.0 Å². The molecule has 1 atom stereocenters. The number of hydrogen-bond donors (Lipinski definition) is 2. The lowest BCUT2D eigenvalue weighted by Crippen LogP contribution is -2.56. The molecule has 0 aliphatic carbocycles. The highest BCUT2D eigenvalue weighted by atomic mass is 35.5. The second-order valence-electron chi connectivity index (χ2n) is 9.75. The maximum atomic E-state index is 13.5. The van der Waals surface area contributed by atoms with Crippen molar-refractivity contribution >= 4 is 34.4 Å². The van der Waals surface area contributed by atoms with Gasteiger partial charge in [0.25, 0.3) is 5.91 Å². The van der Waals surface area contributed by atoms with Crippen LogP contribution in [0.4, 0.5) is 0 Å². The summed E-state index contributed by atoms with van der Waals surface area (Å²) in [5, 5.41) is 13.7. The van der Waals surface area contributed by atoms with Gasteiger partial charge in [-0.2, -0.15) is 0 Å². The van der Waals surface area contributed by atoms with Crippen LogP contribution in [0.25, 0.3) is 11.0 Å². The first-order valence-corrected chi connectivity index (χ1v) is 12.0. The Morgan fingerprint density at radius 1 is 1.06 bits per heavy atom. The predicted octanol–water partition coefficient (Wildman–Crippen LogP) is 4.20. The van der Waals surface area contributed by atoms with Crippen LogP contribution >= 0.6 is 11.6 Å². The highest BCUT2D eigenvalue weighted by Crippen LogP contribution is 2.26. The van der Waals surface area contributed by atoms with Gasteiger partial charge >= 0.3 is 0 Å². The van der Waals surface area contributed by atoms with Gasteiger partial charge < -0.3 is 20.1 Å². The number of halogens is 1. The molecular formula is C26H29ClN4O4. The third-order valence-electron chi connectivity index (χ3n) is 6.03. The number of rotatable bonds is 5. The fraction of sp³-hybridized carbons (Fsp3) is 0.385. The first-order chi connectivity index (χ1) is 16.6. The van der Waals surface area contributed by atoms with Crippen LogP contribution in [0, 0.1) is 5.41 Å². The molecule has 1 fully saturated rings. The molecule has 2 aromatic carbocycles. The lowest BCUT2D eigenvalue weighted by Gasteiger charge is -2.38. The molecule has 0 saturated carbocycles. The number of amides is 2. The fourth-order valence-corrected chi connectivity index (χ4v) is 4.20. The van der Waals surface area contributed by atoms with E-state index in [1.807, 2.05) is 32.9 Å². The van der Waals surface area contributed by atoms with E-state index in [0.717, 1.165) is 5.75 Å². The van der Waals surface area contributed by atoms with Crippen LogP contribution in [0.5, 0.6) is 11.6 Å². The van der Waals surface area contributed by atoms with Crippen LogP contribution in [-0.2, 0) is 4.79 Å². The van der Waals surface area contributed by atoms with Gasteiger partial charge in [-0.25, -0.2) is 9.97 Å². The zero-order valence-electron chi connectivity index (χ0n) is 20.0. The zero-order valence-corrected chi connectivity index (χ0v) is 20.7. The second-order valence-corrected chi connectivity index (χ2v) is 10.2. The lowest BCUT2D eigenvalue weighted by molar-refractivity contribution is -0.137. The number of carbonyl (C=O) groups excluding carboxylic acids is 2. The van der Waals surface area contributed by atoms with Gasteiger partial charge in [-0.1, -0.05) is 44.5 Å². The summed E-state index contributed by atoms with van der Waals surface area (Å²) in [5.41, 5.74) is 0.190. The number of benzene rings is 2. The van der Waals surface area contributed by atoms with Gasteiger partial charge in [0.05, 0.1) is 11.0 Å². The van der Waals surface area contributed by atoms with E-state index in [9.17, 15) is 14.7 Å². The zero-order chi connectivity index (χ0) is 25.2. The average Bonchev–Trinajstić information content (AvgIpc) is 2.82. The van der Waals surface area contributed by atoms with Crippen LogP contribution in [0.3, 0.4) is 0 Å². The van der Waals surface area contributed by atoms with Crippen molar-refractivity contribution < 1.29 is 19.4 Å². The van der Waals surface area contributed by atoms with Gasteiger partial charge in [-0.05, 0) is 41.8 Å². The fourth-order valence-electron chi connectivity index (χ4n) is 4.07. The molecule has 1 aromatic heterocycles. The molecule has 3 aromatic rings. The average molecular weight is 497 g/mol. The number of hydrogen-bond acceptors (Lipinski definition) is 6. The predicted molar refractivity (Wildman–Crippen MR) is 134 cm³/mol. The summed E-state index contributed by atoms with van der Waals surface area (Å²) in [4.78, 5) is 36.6. The molecule has 35 heavy (non-hydrogen) atoms. The number of aromatic nitrogens is 2. The SMILES string of the molecule is CC(C)(C)[C@H](NC(=O)c1nc2ccccc2nc1O)C(=O)N1CCC(Oc2ccc(Cl)cc2)CC1. The smallest absolute Gasteiger partial charge is 0.276 e. The first kappa shape index (κ1) is 24.7. The van der Waals surface area contributed by atoms with E-state index in [0.29, 0.717) is 42.0 Å². The topological polar surface area (TPSA) is 105 Å². The first-order valence-electron chi connectivity index (χ1n) is 11.6. The molecule has 9 heteroatoms. The van der Waals surface area contributed by atoms with Gasteiger partial charge in [0.15, 0.2) is 5.69 Å². The van der Waals surface area contributed by atoms with Gasteiger partial charge in [-0.15, -0.1) is 0 Å². The third kappa shape index (κ3) is 5.82. The van der Waals surface area contributed by atoms with Crippen molar-refractivity contribution in [3.63, 3.8) is 0 Å². The van der Waals surface area contributed by atoms with E-state index in [1.54, 1.807) is 41.3 Å². The Morgan fingerprint density at radius 2 is 1.66 bits per heavy atom. The molecule has 0 bridgehead atoms. The van der Waals surface area contributed by atoms with Crippen LogP contribution in [-0.4, -0.2) is 57.0 Å². The molecule has 2 heterocycles. The van der Waals surface area contributed by atoms with E-state index in [2.05, 4.69) is 15.3 Å². The van der Waals surface area contributed by atoms with E-state index in [4.69, 9.17) is 16.3 Å². The Morgan fingerprint density at radius 3 is 2.26 bits per heavy atom. The van der Waals surface area contributed by atoms with Crippen LogP contribution in [0.1, 0.15) is 44.1 Å². The molecule has 4 rings (SSSR count). The summed E-state index contributed by atoms with van der Waals surface area (Å²) in [6.07, 6.45) is 1.35. The summed E-state index contributed by atoms with van der Waals surface area (Å²) in [5.74, 6) is -0.546. The van der Waals surface area contributed by atoms with Crippen molar-refractivity contribution in [3.05, 3.63) is 59.2 Å². The molecule has 1 aliphatic rings. The number of aromatic hydroxyl groups is 1. The third-order valence-corrected chi connectivity index (χ3v) is 6.28. The minimum absolute atomic E-state index is 0.00674. The van der Waals surface area contributed by atoms with Gasteiger partial charge in [0.2, 0.25) is 11.8 Å². The molecule has 8 nitrogen and oxygen atoms in total. The van der Waals surface area contributed by atoms with Crippen molar-refractivity contribution in [3.8, 4) is 11.6 Å². The number of fused-ring (bicyclic) bond motifs is 1. The largest absolute Gasteiger partial charge is 0.492 e. The summed E-state index contributed by atoms with van der Waals surface area (Å²) in [6, 6.07) is 13.4. The maximum absolute atomic E-state index is 13.5. The van der Waals surface area contributed by atoms with Crippen LogP contribution < -0.4 is 10.1 Å². The van der Waals surface area contributed by atoms with E-state index in [1.165, 1.54) is 0 Å². The van der Waals surface area contributed by atoms with Crippen molar-refractivity contribution in [1.29, 1.82) is 0 Å². The van der Waals surface area contributed by atoms with Crippen molar-refractivity contribution in [1.82, 2.24) is 20.2 Å². The number of para-hydroxylation sites is 2. The molecule has 2 amide bonds. The Hall–Kier alpha value is -3.39. The van der Waals surface area contributed by atoms with Crippen molar-refractivity contribution in [2.24, 2.45) is 5.41 Å². The van der Waals surface area contributed by atoms with E-state index >= 15 is 0 Å². The summed E-state index contributed by atoms with van der Waals surface area (Å²) in [6.45, 7) is 6.69. The minimum Gasteiger partial charge on any atom is -0.492 e. The van der Waals surface area contributed by atoms with Crippen LogP contribution in [0.15, 0.2) is 48.5 Å². The Kier molecular flexibility index (Phi) is 7.12. The normalized spacial score (nSPS) is 15.6. The second kappa shape index (κ2) is 10.1. The minimum atomic E-state index is -0.809.